The highest BCUT2D eigenvalue weighted by Crippen LogP contribution is 2.25. The van der Waals surface area contributed by atoms with Crippen molar-refractivity contribution in [1.29, 1.82) is 0 Å². The predicted octanol–water partition coefficient (Wildman–Crippen LogP) is 1.65. The van der Waals surface area contributed by atoms with Crippen LogP contribution in [0, 0.1) is 10.1 Å². The average molecular weight is 378 g/mol. The molecule has 2 rings (SSSR count). The summed E-state index contributed by atoms with van der Waals surface area (Å²) < 4.78 is 48.1. The van der Waals surface area contributed by atoms with Crippen LogP contribution >= 0.6 is 0 Å². The number of benzene rings is 1. The van der Waals surface area contributed by atoms with Crippen LogP contribution in [0.15, 0.2) is 24.3 Å². The molecule has 0 radical (unpaired) electrons. The normalized spacial score (nSPS) is 26.3. The Morgan fingerprint density at radius 3 is 2.58 bits per heavy atom. The Balaban J connectivity index is 2.05. The summed E-state index contributed by atoms with van der Waals surface area (Å²) in [6, 6.07) is 4.33. The summed E-state index contributed by atoms with van der Waals surface area (Å²) in [5.74, 6) is -2.13. The zero-order valence-corrected chi connectivity index (χ0v) is 13.6. The molecule has 0 bridgehead atoms. The lowest BCUT2D eigenvalue weighted by atomic mass is 9.99. The molecule has 0 saturated carbocycles. The quantitative estimate of drug-likeness (QED) is 0.595. The third kappa shape index (κ3) is 5.13. The van der Waals surface area contributed by atoms with Gasteiger partial charge in [0.05, 0.1) is 23.7 Å². The topological polar surface area (TPSA) is 111 Å². The molecule has 8 nitrogen and oxygen atoms in total. The maximum Gasteiger partial charge on any atom is 0.471 e. The first-order chi connectivity index (χ1) is 12.1. The van der Waals surface area contributed by atoms with Crippen LogP contribution in [0.25, 0.3) is 0 Å². The summed E-state index contributed by atoms with van der Waals surface area (Å²) in [7, 11) is 0. The second-order valence-corrected chi connectivity index (χ2v) is 5.81. The van der Waals surface area contributed by atoms with Crippen molar-refractivity contribution in [3.8, 4) is 0 Å². The van der Waals surface area contributed by atoms with Crippen molar-refractivity contribution in [1.82, 2.24) is 5.32 Å². The molecule has 0 aliphatic carbocycles. The van der Waals surface area contributed by atoms with Crippen molar-refractivity contribution in [3.63, 3.8) is 0 Å². The van der Waals surface area contributed by atoms with E-state index in [0.717, 1.165) is 0 Å². The van der Waals surface area contributed by atoms with E-state index in [2.05, 4.69) is 0 Å². The summed E-state index contributed by atoms with van der Waals surface area (Å²) in [4.78, 5) is 21.2. The SMILES string of the molecule is C[C@@H]1OC(O)C[C@H](NC(=O)C(F)(F)F)[C@@H]1OCc1ccc([N+](=O)[O-])cc1. The number of alkyl halides is 3. The van der Waals surface area contributed by atoms with Crippen molar-refractivity contribution in [2.45, 2.75) is 50.7 Å². The number of carbonyl (C=O) groups excluding carboxylic acids is 1. The molecule has 26 heavy (non-hydrogen) atoms. The van der Waals surface area contributed by atoms with Crippen molar-refractivity contribution in [3.05, 3.63) is 39.9 Å². The van der Waals surface area contributed by atoms with E-state index in [1.807, 2.05) is 5.32 Å². The van der Waals surface area contributed by atoms with Crippen LogP contribution in [0.1, 0.15) is 18.9 Å². The first-order valence-electron chi connectivity index (χ1n) is 7.64. The van der Waals surface area contributed by atoms with Gasteiger partial charge in [-0.25, -0.2) is 0 Å². The van der Waals surface area contributed by atoms with E-state index < -0.39 is 41.5 Å². The van der Waals surface area contributed by atoms with Gasteiger partial charge in [0.2, 0.25) is 0 Å². The van der Waals surface area contributed by atoms with Gasteiger partial charge in [-0.1, -0.05) is 0 Å². The van der Waals surface area contributed by atoms with Crippen LogP contribution in [-0.2, 0) is 20.9 Å². The molecule has 1 aromatic carbocycles. The summed E-state index contributed by atoms with van der Waals surface area (Å²) in [5, 5.41) is 22.0. The van der Waals surface area contributed by atoms with Gasteiger partial charge in [-0.3, -0.25) is 14.9 Å². The Morgan fingerprint density at radius 2 is 2.04 bits per heavy atom. The van der Waals surface area contributed by atoms with Crippen LogP contribution in [0.4, 0.5) is 18.9 Å². The Morgan fingerprint density at radius 1 is 1.42 bits per heavy atom. The highest BCUT2D eigenvalue weighted by molar-refractivity contribution is 5.82. The molecule has 0 aromatic heterocycles. The number of rotatable bonds is 5. The zero-order valence-electron chi connectivity index (χ0n) is 13.6. The highest BCUT2D eigenvalue weighted by Gasteiger charge is 2.44. The molecule has 1 saturated heterocycles. The fourth-order valence-electron chi connectivity index (χ4n) is 2.61. The second-order valence-electron chi connectivity index (χ2n) is 5.81. The van der Waals surface area contributed by atoms with Crippen LogP contribution in [0.3, 0.4) is 0 Å². The minimum Gasteiger partial charge on any atom is -0.369 e. The summed E-state index contributed by atoms with van der Waals surface area (Å²) in [6.45, 7) is 1.43. The molecule has 2 N–H and O–H groups in total. The molecule has 4 atom stereocenters. The molecule has 11 heteroatoms. The first kappa shape index (κ1) is 20.1. The highest BCUT2D eigenvalue weighted by atomic mass is 19.4. The van der Waals surface area contributed by atoms with E-state index in [4.69, 9.17) is 9.47 Å². The van der Waals surface area contributed by atoms with Gasteiger partial charge < -0.3 is 19.9 Å². The number of aliphatic hydroxyl groups is 1. The second kappa shape index (κ2) is 7.98. The molecule has 1 aliphatic heterocycles. The molecule has 144 valence electrons. The van der Waals surface area contributed by atoms with Gasteiger partial charge in [-0.15, -0.1) is 0 Å². The fraction of sp³-hybridized carbons (Fsp3) is 0.533. The third-order valence-corrected chi connectivity index (χ3v) is 3.85. The summed E-state index contributed by atoms with van der Waals surface area (Å²) in [5.41, 5.74) is 0.441. The van der Waals surface area contributed by atoms with Crippen molar-refractivity contribution < 1.29 is 37.5 Å². The van der Waals surface area contributed by atoms with Crippen LogP contribution in [0.2, 0.25) is 0 Å². The standard InChI is InChI=1S/C15H17F3N2O6/c1-8-13(25-7-9-2-4-10(5-3-9)20(23)24)11(6-12(21)26-8)19-14(22)15(16,17)18/h2-5,8,11-13,21H,6-7H2,1H3,(H,19,22)/t8-,11-,12?,13+/m0/s1. The van der Waals surface area contributed by atoms with Gasteiger partial charge in [0.25, 0.3) is 5.69 Å². The number of halogens is 3. The molecule has 1 unspecified atom stereocenters. The lowest BCUT2D eigenvalue weighted by Gasteiger charge is -2.39. The molecule has 1 aromatic rings. The zero-order chi connectivity index (χ0) is 19.5. The molecule has 1 amide bonds. The largest absolute Gasteiger partial charge is 0.471 e. The van der Waals surface area contributed by atoms with Crippen molar-refractivity contribution in [2.75, 3.05) is 0 Å². The van der Waals surface area contributed by atoms with E-state index in [0.29, 0.717) is 5.56 Å². The lowest BCUT2D eigenvalue weighted by Crippen LogP contribution is -2.57. The number of ether oxygens (including phenoxy) is 2. The van der Waals surface area contributed by atoms with Crippen molar-refractivity contribution >= 4 is 11.6 Å². The molecule has 1 aliphatic rings. The third-order valence-electron chi connectivity index (χ3n) is 3.85. The summed E-state index contributed by atoms with van der Waals surface area (Å²) in [6.07, 6.45) is -8.38. The number of hydrogen-bond acceptors (Lipinski definition) is 6. The van der Waals surface area contributed by atoms with Gasteiger partial charge in [-0.05, 0) is 24.6 Å². The van der Waals surface area contributed by atoms with Crippen molar-refractivity contribution in [2.24, 2.45) is 0 Å². The minimum atomic E-state index is -5.06. The smallest absolute Gasteiger partial charge is 0.369 e. The number of non-ortho nitro benzene ring substituents is 1. The number of nitrogens with one attached hydrogen (secondary N) is 1. The lowest BCUT2D eigenvalue weighted by molar-refractivity contribution is -0.384. The predicted molar refractivity (Wildman–Crippen MR) is 80.8 cm³/mol. The monoisotopic (exact) mass is 378 g/mol. The Bertz CT molecular complexity index is 652. The maximum absolute atomic E-state index is 12.5. The number of aliphatic hydroxyl groups excluding tert-OH is 1. The molecular weight excluding hydrogens is 361 g/mol. The van der Waals surface area contributed by atoms with Crippen LogP contribution < -0.4 is 5.32 Å². The van der Waals surface area contributed by atoms with E-state index in [-0.39, 0.29) is 18.7 Å². The van der Waals surface area contributed by atoms with Crippen LogP contribution in [-0.4, -0.2) is 46.7 Å². The number of nitrogens with zero attached hydrogens (tertiary/aromatic N) is 1. The molecule has 0 spiro atoms. The van der Waals surface area contributed by atoms with Crippen LogP contribution in [0.5, 0.6) is 0 Å². The van der Waals surface area contributed by atoms with E-state index in [9.17, 15) is 33.2 Å². The number of hydrogen-bond donors (Lipinski definition) is 2. The Hall–Kier alpha value is -2.24. The number of nitro benzene ring substituents is 1. The van der Waals surface area contributed by atoms with Gasteiger partial charge in [-0.2, -0.15) is 13.2 Å². The minimum absolute atomic E-state index is 0.0646. The van der Waals surface area contributed by atoms with E-state index in [1.54, 1.807) is 0 Å². The molecular formula is C15H17F3N2O6. The van der Waals surface area contributed by atoms with Gasteiger partial charge in [0, 0.05) is 18.6 Å². The fourth-order valence-corrected chi connectivity index (χ4v) is 2.61. The van der Waals surface area contributed by atoms with E-state index in [1.165, 1.54) is 31.2 Å². The first-order valence-corrected chi connectivity index (χ1v) is 7.64. The molecule has 1 heterocycles. The number of amides is 1. The van der Waals surface area contributed by atoms with Gasteiger partial charge in [0.1, 0.15) is 6.10 Å². The van der Waals surface area contributed by atoms with Gasteiger partial charge >= 0.3 is 12.1 Å². The average Bonchev–Trinajstić information content (AvgIpc) is 2.53. The maximum atomic E-state index is 12.5. The number of carbonyl (C=O) groups is 1. The molecule has 1 fully saturated rings. The van der Waals surface area contributed by atoms with E-state index >= 15 is 0 Å². The Kier molecular flexibility index (Phi) is 6.16. The van der Waals surface area contributed by atoms with Gasteiger partial charge in [0.15, 0.2) is 6.29 Å². The number of nitro groups is 1. The Labute approximate surface area is 146 Å². The summed E-state index contributed by atoms with van der Waals surface area (Å²) >= 11 is 0.